The van der Waals surface area contributed by atoms with E-state index >= 15 is 0 Å². The van der Waals surface area contributed by atoms with Gasteiger partial charge in [0.05, 0.1) is 11.8 Å². The summed E-state index contributed by atoms with van der Waals surface area (Å²) in [5.74, 6) is -0.302. The molecule has 0 saturated heterocycles. The van der Waals surface area contributed by atoms with Crippen molar-refractivity contribution < 1.29 is 9.63 Å². The van der Waals surface area contributed by atoms with Crippen LogP contribution in [0.3, 0.4) is 0 Å². The average Bonchev–Trinajstić information content (AvgIpc) is 2.75. The van der Waals surface area contributed by atoms with Crippen molar-refractivity contribution in [1.82, 2.24) is 4.98 Å². The van der Waals surface area contributed by atoms with Crippen molar-refractivity contribution in [2.24, 2.45) is 5.16 Å². The molecule has 6 heteroatoms. The molecular weight excluding hydrogens is 386 g/mol. The van der Waals surface area contributed by atoms with E-state index in [4.69, 9.17) is 16.4 Å². The van der Waals surface area contributed by atoms with Crippen LogP contribution in [0.4, 0.5) is 5.69 Å². The molecule has 1 heterocycles. The first-order valence-corrected chi connectivity index (χ1v) is 9.83. The van der Waals surface area contributed by atoms with E-state index in [0.717, 1.165) is 29.5 Å². The summed E-state index contributed by atoms with van der Waals surface area (Å²) in [6, 6.07) is 18.8. The molecular formula is C23H22ClN3O2. The van der Waals surface area contributed by atoms with Crippen LogP contribution in [-0.2, 0) is 4.84 Å². The van der Waals surface area contributed by atoms with Crippen LogP contribution in [0.25, 0.3) is 11.1 Å². The Bertz CT molecular complexity index is 987. The van der Waals surface area contributed by atoms with E-state index in [0.29, 0.717) is 17.9 Å². The Hall–Kier alpha value is -3.18. The highest BCUT2D eigenvalue weighted by molar-refractivity contribution is 6.33. The van der Waals surface area contributed by atoms with E-state index in [1.165, 1.54) is 0 Å². The van der Waals surface area contributed by atoms with Crippen LogP contribution in [0.2, 0.25) is 5.15 Å². The molecule has 0 aliphatic carbocycles. The van der Waals surface area contributed by atoms with Gasteiger partial charge in [-0.3, -0.25) is 4.79 Å². The molecule has 148 valence electrons. The molecule has 2 aromatic carbocycles. The fourth-order valence-electron chi connectivity index (χ4n) is 2.70. The summed E-state index contributed by atoms with van der Waals surface area (Å²) in [5, 5.41) is 7.08. The van der Waals surface area contributed by atoms with Gasteiger partial charge in [0.2, 0.25) is 0 Å². The Balaban J connectivity index is 1.75. The topological polar surface area (TPSA) is 63.6 Å². The summed E-state index contributed by atoms with van der Waals surface area (Å²) in [6.45, 7) is 2.73. The van der Waals surface area contributed by atoms with Gasteiger partial charge >= 0.3 is 0 Å². The number of unbranched alkanes of at least 4 members (excludes halogenated alkanes) is 1. The van der Waals surface area contributed by atoms with E-state index in [1.54, 1.807) is 24.5 Å². The Labute approximate surface area is 175 Å². The third kappa shape index (κ3) is 5.65. The van der Waals surface area contributed by atoms with E-state index in [2.05, 4.69) is 22.4 Å². The molecule has 3 aromatic rings. The quantitative estimate of drug-likeness (QED) is 0.222. The number of benzene rings is 2. The number of nitrogens with one attached hydrogen (secondary N) is 1. The van der Waals surface area contributed by atoms with Gasteiger partial charge in [-0.05, 0) is 35.7 Å². The Morgan fingerprint density at radius 2 is 1.93 bits per heavy atom. The van der Waals surface area contributed by atoms with E-state index in [1.807, 2.05) is 48.5 Å². The minimum absolute atomic E-state index is 0.173. The zero-order chi connectivity index (χ0) is 20.5. The fraction of sp³-hybridized carbons (Fsp3) is 0.174. The van der Waals surface area contributed by atoms with Gasteiger partial charge in [-0.15, -0.1) is 0 Å². The molecule has 1 N–H and O–H groups in total. The Morgan fingerprint density at radius 1 is 1.14 bits per heavy atom. The van der Waals surface area contributed by atoms with Crippen LogP contribution in [0.5, 0.6) is 0 Å². The van der Waals surface area contributed by atoms with E-state index in [-0.39, 0.29) is 11.1 Å². The molecule has 0 spiro atoms. The summed E-state index contributed by atoms with van der Waals surface area (Å²) in [5.41, 5.74) is 3.85. The zero-order valence-electron chi connectivity index (χ0n) is 16.1. The molecule has 5 nitrogen and oxygen atoms in total. The Morgan fingerprint density at radius 3 is 2.69 bits per heavy atom. The molecule has 0 fully saturated rings. The summed E-state index contributed by atoms with van der Waals surface area (Å²) in [4.78, 5) is 21.8. The number of para-hydroxylation sites is 1. The van der Waals surface area contributed by atoms with Crippen LogP contribution in [0.1, 0.15) is 35.7 Å². The third-order valence-electron chi connectivity index (χ3n) is 4.27. The molecule has 0 aliphatic rings. The van der Waals surface area contributed by atoms with Gasteiger partial charge in [0, 0.05) is 17.4 Å². The zero-order valence-corrected chi connectivity index (χ0v) is 16.9. The summed E-state index contributed by atoms with van der Waals surface area (Å²) in [6.07, 6.45) is 5.31. The minimum atomic E-state index is -0.302. The molecule has 3 rings (SSSR count). The number of rotatable bonds is 8. The maximum Gasteiger partial charge on any atom is 0.258 e. The summed E-state index contributed by atoms with van der Waals surface area (Å²) < 4.78 is 0. The number of carbonyl (C=O) groups excluding carboxylic acids is 1. The molecule has 0 aliphatic heterocycles. The second-order valence-electron chi connectivity index (χ2n) is 6.38. The number of halogens is 1. The number of hydrogen-bond acceptors (Lipinski definition) is 4. The van der Waals surface area contributed by atoms with E-state index in [9.17, 15) is 4.79 Å². The summed E-state index contributed by atoms with van der Waals surface area (Å²) >= 11 is 6.03. The lowest BCUT2D eigenvalue weighted by Gasteiger charge is -2.12. The molecule has 0 saturated carbocycles. The van der Waals surface area contributed by atoms with Crippen molar-refractivity contribution in [2.45, 2.75) is 19.8 Å². The predicted octanol–water partition coefficient (Wildman–Crippen LogP) is 5.80. The SMILES string of the molecule is CCCCO/N=C/c1ccc(-c2ccccc2NC(=O)c2cccnc2Cl)cc1. The highest BCUT2D eigenvalue weighted by Crippen LogP contribution is 2.28. The van der Waals surface area contributed by atoms with Crippen molar-refractivity contribution >= 4 is 29.4 Å². The van der Waals surface area contributed by atoms with Crippen molar-refractivity contribution in [3.63, 3.8) is 0 Å². The van der Waals surface area contributed by atoms with Crippen molar-refractivity contribution in [3.8, 4) is 11.1 Å². The lowest BCUT2D eigenvalue weighted by molar-refractivity contribution is 0.102. The predicted molar refractivity (Wildman–Crippen MR) is 118 cm³/mol. The lowest BCUT2D eigenvalue weighted by Crippen LogP contribution is -2.13. The number of carbonyl (C=O) groups is 1. The number of pyridine rings is 1. The van der Waals surface area contributed by atoms with Crippen LogP contribution in [-0.4, -0.2) is 23.7 Å². The first-order chi connectivity index (χ1) is 14.2. The first kappa shape index (κ1) is 20.6. The summed E-state index contributed by atoms with van der Waals surface area (Å²) in [7, 11) is 0. The number of hydrogen-bond donors (Lipinski definition) is 1. The first-order valence-electron chi connectivity index (χ1n) is 9.45. The molecule has 0 bridgehead atoms. The van der Waals surface area contributed by atoms with Gasteiger partial charge in [0.25, 0.3) is 5.91 Å². The van der Waals surface area contributed by atoms with Crippen LogP contribution >= 0.6 is 11.6 Å². The van der Waals surface area contributed by atoms with Crippen LogP contribution in [0.15, 0.2) is 72.0 Å². The maximum atomic E-state index is 12.6. The number of anilines is 1. The van der Waals surface area contributed by atoms with Crippen molar-refractivity contribution in [1.29, 1.82) is 0 Å². The third-order valence-corrected chi connectivity index (χ3v) is 4.57. The van der Waals surface area contributed by atoms with Gasteiger partial charge < -0.3 is 10.2 Å². The molecule has 29 heavy (non-hydrogen) atoms. The highest BCUT2D eigenvalue weighted by Gasteiger charge is 2.13. The molecule has 0 atom stereocenters. The lowest BCUT2D eigenvalue weighted by atomic mass is 10.0. The van der Waals surface area contributed by atoms with Gasteiger partial charge in [-0.1, -0.05) is 72.6 Å². The Kier molecular flexibility index (Phi) is 7.36. The van der Waals surface area contributed by atoms with Gasteiger partial charge in [0.1, 0.15) is 11.8 Å². The minimum Gasteiger partial charge on any atom is -0.396 e. The van der Waals surface area contributed by atoms with E-state index < -0.39 is 0 Å². The average molecular weight is 408 g/mol. The number of nitrogens with zero attached hydrogens (tertiary/aromatic N) is 2. The number of oxime groups is 1. The number of amides is 1. The number of aromatic nitrogens is 1. The molecule has 1 aromatic heterocycles. The molecule has 0 unspecified atom stereocenters. The molecule has 1 amide bonds. The standard InChI is InChI=1S/C23H22ClN3O2/c1-2-3-15-29-26-16-17-10-12-18(13-11-17)19-7-4-5-9-21(19)27-23(28)20-8-6-14-25-22(20)24/h4-14,16H,2-3,15H2,1H3,(H,27,28)/b26-16+. The van der Waals surface area contributed by atoms with Crippen molar-refractivity contribution in [3.05, 3.63) is 83.1 Å². The normalized spacial score (nSPS) is 10.8. The van der Waals surface area contributed by atoms with Crippen molar-refractivity contribution in [2.75, 3.05) is 11.9 Å². The van der Waals surface area contributed by atoms with Crippen LogP contribution in [0, 0.1) is 0 Å². The van der Waals surface area contributed by atoms with Gasteiger partial charge in [0.15, 0.2) is 0 Å². The largest absolute Gasteiger partial charge is 0.396 e. The van der Waals surface area contributed by atoms with Gasteiger partial charge in [-0.2, -0.15) is 0 Å². The monoisotopic (exact) mass is 407 g/mol. The molecule has 0 radical (unpaired) electrons. The second-order valence-corrected chi connectivity index (χ2v) is 6.74. The highest BCUT2D eigenvalue weighted by atomic mass is 35.5. The second kappa shape index (κ2) is 10.4. The van der Waals surface area contributed by atoms with Gasteiger partial charge in [-0.25, -0.2) is 4.98 Å². The smallest absolute Gasteiger partial charge is 0.258 e. The fourth-order valence-corrected chi connectivity index (χ4v) is 2.90. The van der Waals surface area contributed by atoms with Crippen LogP contribution < -0.4 is 5.32 Å². The maximum absolute atomic E-state index is 12.6.